The molecule has 0 bridgehead atoms. The summed E-state index contributed by atoms with van der Waals surface area (Å²) in [6.45, 7) is 4.18. The molecule has 0 spiro atoms. The van der Waals surface area contributed by atoms with Crippen molar-refractivity contribution in [2.75, 3.05) is 33.0 Å². The van der Waals surface area contributed by atoms with Crippen LogP contribution in [0.1, 0.15) is 6.92 Å². The topological polar surface area (TPSA) is 99.9 Å². The van der Waals surface area contributed by atoms with E-state index in [1.54, 1.807) is 0 Å². The minimum Gasteiger partial charge on any atom is -0.410 e. The van der Waals surface area contributed by atoms with Crippen molar-refractivity contribution in [1.29, 1.82) is 0 Å². The minimum absolute atomic E-state index is 0.0644. The number of nitro groups is 1. The first-order chi connectivity index (χ1) is 10.1. The molecule has 0 saturated heterocycles. The first-order valence-corrected chi connectivity index (χ1v) is 6.49. The average Bonchev–Trinajstić information content (AvgIpc) is 2.47. The van der Waals surface area contributed by atoms with Crippen molar-refractivity contribution >= 4 is 11.8 Å². The molecular formula is C13H18N2O6. The second-order valence-electron chi connectivity index (χ2n) is 3.88. The van der Waals surface area contributed by atoms with E-state index in [9.17, 15) is 14.9 Å². The minimum atomic E-state index is -0.641. The van der Waals surface area contributed by atoms with Crippen molar-refractivity contribution in [1.82, 2.24) is 5.32 Å². The smallest absolute Gasteiger partial charge is 0.410 e. The maximum Gasteiger partial charge on any atom is 0.412 e. The van der Waals surface area contributed by atoms with Gasteiger partial charge >= 0.3 is 6.09 Å². The number of hydrogen-bond donors (Lipinski definition) is 1. The second-order valence-corrected chi connectivity index (χ2v) is 3.88. The van der Waals surface area contributed by atoms with E-state index >= 15 is 0 Å². The second kappa shape index (κ2) is 9.67. The van der Waals surface area contributed by atoms with Gasteiger partial charge in [-0.3, -0.25) is 10.1 Å². The van der Waals surface area contributed by atoms with E-state index in [2.05, 4.69) is 5.32 Å². The van der Waals surface area contributed by atoms with E-state index in [0.717, 1.165) is 0 Å². The average molecular weight is 298 g/mol. The maximum atomic E-state index is 11.4. The number of carbonyl (C=O) groups is 1. The number of ether oxygens (including phenoxy) is 3. The van der Waals surface area contributed by atoms with Crippen molar-refractivity contribution in [2.24, 2.45) is 0 Å². The fourth-order valence-electron chi connectivity index (χ4n) is 1.37. The summed E-state index contributed by atoms with van der Waals surface area (Å²) in [5, 5.41) is 13.0. The van der Waals surface area contributed by atoms with E-state index in [-0.39, 0.29) is 11.4 Å². The number of nitro benzene ring substituents is 1. The van der Waals surface area contributed by atoms with Gasteiger partial charge in [0.1, 0.15) is 5.75 Å². The third-order valence-corrected chi connectivity index (χ3v) is 2.35. The molecule has 116 valence electrons. The molecule has 0 aromatic heterocycles. The number of benzene rings is 1. The molecule has 0 heterocycles. The Kier molecular flexibility index (Phi) is 7.77. The van der Waals surface area contributed by atoms with Crippen LogP contribution in [-0.2, 0) is 9.47 Å². The Hall–Kier alpha value is -2.19. The fourth-order valence-corrected chi connectivity index (χ4v) is 1.37. The Morgan fingerprint density at radius 1 is 1.19 bits per heavy atom. The summed E-state index contributed by atoms with van der Waals surface area (Å²) in [4.78, 5) is 21.4. The molecule has 0 atom stereocenters. The van der Waals surface area contributed by atoms with Crippen molar-refractivity contribution in [2.45, 2.75) is 6.92 Å². The molecule has 0 saturated carbocycles. The lowest BCUT2D eigenvalue weighted by molar-refractivity contribution is -0.384. The number of rotatable bonds is 9. The molecule has 21 heavy (non-hydrogen) atoms. The van der Waals surface area contributed by atoms with Crippen LogP contribution < -0.4 is 10.1 Å². The van der Waals surface area contributed by atoms with Crippen LogP contribution >= 0.6 is 0 Å². The number of carbonyl (C=O) groups excluding carboxylic acids is 1. The van der Waals surface area contributed by atoms with Crippen molar-refractivity contribution in [3.8, 4) is 5.75 Å². The Bertz CT molecular complexity index is 448. The maximum absolute atomic E-state index is 11.4. The van der Waals surface area contributed by atoms with Gasteiger partial charge in [-0.25, -0.2) is 4.79 Å². The van der Waals surface area contributed by atoms with Crippen molar-refractivity contribution < 1.29 is 23.9 Å². The third kappa shape index (κ3) is 7.23. The van der Waals surface area contributed by atoms with Gasteiger partial charge in [0.15, 0.2) is 0 Å². The standard InChI is InChI=1S/C13H18N2O6/c1-2-19-9-10-20-8-7-14-13(16)21-12-5-3-11(4-6-12)15(17)18/h3-6H,2,7-10H2,1H3,(H,14,16). The molecule has 1 rings (SSSR count). The van der Waals surface area contributed by atoms with Gasteiger partial charge in [-0.2, -0.15) is 0 Å². The molecule has 0 unspecified atom stereocenters. The van der Waals surface area contributed by atoms with Crippen LogP contribution in [0.2, 0.25) is 0 Å². The molecule has 0 aliphatic rings. The Labute approximate surface area is 122 Å². The van der Waals surface area contributed by atoms with Crippen LogP contribution in [0.3, 0.4) is 0 Å². The van der Waals surface area contributed by atoms with E-state index < -0.39 is 11.0 Å². The van der Waals surface area contributed by atoms with E-state index in [0.29, 0.717) is 33.0 Å². The SMILES string of the molecule is CCOCCOCCNC(=O)Oc1ccc([N+](=O)[O-])cc1. The van der Waals surface area contributed by atoms with E-state index in [4.69, 9.17) is 14.2 Å². The van der Waals surface area contributed by atoms with Gasteiger partial charge < -0.3 is 19.5 Å². The number of nitrogens with one attached hydrogen (secondary N) is 1. The molecule has 1 N–H and O–H groups in total. The van der Waals surface area contributed by atoms with E-state index in [1.165, 1.54) is 24.3 Å². The lowest BCUT2D eigenvalue weighted by Crippen LogP contribution is -2.30. The van der Waals surface area contributed by atoms with Gasteiger partial charge in [0.05, 0.1) is 24.7 Å². The molecule has 1 aromatic carbocycles. The molecule has 0 aliphatic carbocycles. The normalized spacial score (nSPS) is 10.1. The first kappa shape index (κ1) is 16.9. The quantitative estimate of drug-likeness (QED) is 0.423. The number of nitrogens with zero attached hydrogens (tertiary/aromatic N) is 1. The highest BCUT2D eigenvalue weighted by Gasteiger charge is 2.07. The van der Waals surface area contributed by atoms with Gasteiger partial charge in [-0.1, -0.05) is 0 Å². The van der Waals surface area contributed by atoms with Crippen LogP contribution in [0.15, 0.2) is 24.3 Å². The van der Waals surface area contributed by atoms with Gasteiger partial charge in [0.2, 0.25) is 0 Å². The zero-order valence-electron chi connectivity index (χ0n) is 11.7. The Balaban J connectivity index is 2.17. The number of amides is 1. The lowest BCUT2D eigenvalue weighted by atomic mass is 10.3. The van der Waals surface area contributed by atoms with Crippen LogP contribution in [0, 0.1) is 10.1 Å². The molecule has 8 heteroatoms. The zero-order valence-corrected chi connectivity index (χ0v) is 11.7. The summed E-state index contributed by atoms with van der Waals surface area (Å²) in [5.74, 6) is 0.232. The highest BCUT2D eigenvalue weighted by Crippen LogP contribution is 2.17. The first-order valence-electron chi connectivity index (χ1n) is 6.49. The summed E-state index contributed by atoms with van der Waals surface area (Å²) in [6.07, 6.45) is -0.641. The fraction of sp³-hybridized carbons (Fsp3) is 0.462. The van der Waals surface area contributed by atoms with Crippen LogP contribution in [0.5, 0.6) is 5.75 Å². The molecule has 0 radical (unpaired) electrons. The predicted octanol–water partition coefficient (Wildman–Crippen LogP) is 1.74. The van der Waals surface area contributed by atoms with Gasteiger partial charge in [0.25, 0.3) is 5.69 Å². The van der Waals surface area contributed by atoms with Gasteiger partial charge in [-0.15, -0.1) is 0 Å². The number of non-ortho nitro benzene ring substituents is 1. The molecule has 1 amide bonds. The van der Waals surface area contributed by atoms with E-state index in [1.807, 2.05) is 6.92 Å². The van der Waals surface area contributed by atoms with Crippen molar-refractivity contribution in [3.63, 3.8) is 0 Å². The lowest BCUT2D eigenvalue weighted by Gasteiger charge is -2.07. The molecule has 0 fully saturated rings. The summed E-state index contributed by atoms with van der Waals surface area (Å²) < 4.78 is 15.2. The zero-order chi connectivity index (χ0) is 15.5. The summed E-state index contributed by atoms with van der Waals surface area (Å²) >= 11 is 0. The molecule has 1 aromatic rings. The molecular weight excluding hydrogens is 280 g/mol. The Morgan fingerprint density at radius 2 is 1.86 bits per heavy atom. The third-order valence-electron chi connectivity index (χ3n) is 2.35. The van der Waals surface area contributed by atoms with Crippen LogP contribution in [-0.4, -0.2) is 44.0 Å². The highest BCUT2D eigenvalue weighted by atomic mass is 16.6. The molecule has 0 aliphatic heterocycles. The monoisotopic (exact) mass is 298 g/mol. The summed E-state index contributed by atoms with van der Waals surface area (Å²) in [7, 11) is 0. The van der Waals surface area contributed by atoms with Crippen molar-refractivity contribution in [3.05, 3.63) is 34.4 Å². The van der Waals surface area contributed by atoms with Crippen LogP contribution in [0.4, 0.5) is 10.5 Å². The number of hydrogen-bond acceptors (Lipinski definition) is 6. The Morgan fingerprint density at radius 3 is 2.48 bits per heavy atom. The summed E-state index contributed by atoms with van der Waals surface area (Å²) in [5.41, 5.74) is -0.0644. The van der Waals surface area contributed by atoms with Gasteiger partial charge in [-0.05, 0) is 19.1 Å². The van der Waals surface area contributed by atoms with Gasteiger partial charge in [0, 0.05) is 25.3 Å². The largest absolute Gasteiger partial charge is 0.412 e. The van der Waals surface area contributed by atoms with Crippen LogP contribution in [0.25, 0.3) is 0 Å². The summed E-state index contributed by atoms with van der Waals surface area (Å²) in [6, 6.07) is 5.24. The predicted molar refractivity (Wildman–Crippen MR) is 74.4 cm³/mol. The molecule has 8 nitrogen and oxygen atoms in total. The highest BCUT2D eigenvalue weighted by molar-refractivity contribution is 5.70.